The van der Waals surface area contributed by atoms with Crippen LogP contribution in [-0.2, 0) is 38.7 Å². The van der Waals surface area contributed by atoms with E-state index in [-0.39, 0.29) is 34.2 Å². The van der Waals surface area contributed by atoms with Gasteiger partial charge in [0.1, 0.15) is 31.5 Å². The summed E-state index contributed by atoms with van der Waals surface area (Å²) in [6.45, 7) is 8.03. The normalized spacial score (nSPS) is 10.4. The Morgan fingerprint density at radius 2 is 1.36 bits per heavy atom. The van der Waals surface area contributed by atoms with Crippen LogP contribution in [0, 0.1) is 5.92 Å². The Morgan fingerprint density at radius 1 is 0.960 bits per heavy atom. The molecule has 0 atom stereocenters. The van der Waals surface area contributed by atoms with Gasteiger partial charge in [-0.25, -0.2) is 9.59 Å². The van der Waals surface area contributed by atoms with E-state index in [9.17, 15) is 22.8 Å². The van der Waals surface area contributed by atoms with E-state index in [0.717, 1.165) is 0 Å². The molecule has 11 heteroatoms. The van der Waals surface area contributed by atoms with E-state index in [1.54, 1.807) is 0 Å². The van der Waals surface area contributed by atoms with Crippen molar-refractivity contribution in [2.45, 2.75) is 13.8 Å². The number of rotatable bonds is 10. The van der Waals surface area contributed by atoms with Gasteiger partial charge >= 0.3 is 41.0 Å². The second kappa shape index (κ2) is 12.0. The van der Waals surface area contributed by atoms with Gasteiger partial charge in [-0.1, -0.05) is 13.2 Å². The second-order valence-corrected chi connectivity index (χ2v) is 6.48. The number of esters is 3. The molecule has 0 aromatic heterocycles. The molecule has 0 fully saturated rings. The van der Waals surface area contributed by atoms with Crippen molar-refractivity contribution in [2.24, 2.45) is 5.92 Å². The summed E-state index contributed by atoms with van der Waals surface area (Å²) in [5.41, 5.74) is 0.208. The van der Waals surface area contributed by atoms with Gasteiger partial charge in [-0.2, -0.15) is 8.42 Å². The van der Waals surface area contributed by atoms with Gasteiger partial charge in [-0.15, -0.1) is 0 Å². The summed E-state index contributed by atoms with van der Waals surface area (Å²) in [7, 11) is -4.29. The molecule has 0 spiro atoms. The first-order valence-electron chi connectivity index (χ1n) is 6.71. The second-order valence-electron chi connectivity index (χ2n) is 4.91. The first-order valence-corrected chi connectivity index (χ1v) is 8.32. The van der Waals surface area contributed by atoms with E-state index >= 15 is 0 Å². The fraction of sp³-hybridized carbons (Fsp3) is 0.500. The maximum Gasteiger partial charge on any atom is 0.333 e. The van der Waals surface area contributed by atoms with Crippen LogP contribution in [0.4, 0.5) is 0 Å². The molecule has 0 saturated carbocycles. The highest BCUT2D eigenvalue weighted by Gasteiger charge is 2.25. The van der Waals surface area contributed by atoms with E-state index in [1.165, 1.54) is 13.8 Å². The highest BCUT2D eigenvalue weighted by molar-refractivity contribution is 7.85. The third-order valence-electron chi connectivity index (χ3n) is 2.45. The Morgan fingerprint density at radius 3 is 1.68 bits per heavy atom. The van der Waals surface area contributed by atoms with Gasteiger partial charge in [-0.3, -0.25) is 9.35 Å². The predicted molar refractivity (Wildman–Crippen MR) is 91.0 cm³/mol. The van der Waals surface area contributed by atoms with Crippen LogP contribution >= 0.6 is 0 Å². The van der Waals surface area contributed by atoms with Crippen LogP contribution in [0.3, 0.4) is 0 Å². The molecule has 0 saturated heterocycles. The molecule has 140 valence electrons. The predicted octanol–water partition coefficient (Wildman–Crippen LogP) is -0.644. The van der Waals surface area contributed by atoms with Crippen molar-refractivity contribution in [3.05, 3.63) is 24.3 Å². The van der Waals surface area contributed by atoms with Crippen LogP contribution in [0.5, 0.6) is 0 Å². The zero-order chi connectivity index (χ0) is 18.9. The maximum absolute atomic E-state index is 11.9. The standard InChI is InChI=1S/C14H20O9S.Mg.2H/c1-9(2)12(15)22-7-11(8-23-13(16)10(3)4)14(17)21-5-6-24(18,19)20;;;/h11H,1,3,5-8H2,2,4H3,(H,18,19,20);;;. The number of hydrogen-bond acceptors (Lipinski definition) is 8. The summed E-state index contributed by atoms with van der Waals surface area (Å²) in [6.07, 6.45) is 0. The van der Waals surface area contributed by atoms with E-state index in [1.807, 2.05) is 0 Å². The van der Waals surface area contributed by atoms with E-state index in [0.29, 0.717) is 0 Å². The maximum atomic E-state index is 11.9. The quantitative estimate of drug-likeness (QED) is 0.170. The lowest BCUT2D eigenvalue weighted by Gasteiger charge is -2.16. The molecule has 9 nitrogen and oxygen atoms in total. The van der Waals surface area contributed by atoms with E-state index in [4.69, 9.17) is 14.0 Å². The van der Waals surface area contributed by atoms with Crippen LogP contribution in [0.25, 0.3) is 0 Å². The summed E-state index contributed by atoms with van der Waals surface area (Å²) >= 11 is 0. The summed E-state index contributed by atoms with van der Waals surface area (Å²) in [5, 5.41) is 0. The monoisotopic (exact) mass is 390 g/mol. The van der Waals surface area contributed by atoms with Gasteiger partial charge < -0.3 is 14.2 Å². The highest BCUT2D eigenvalue weighted by atomic mass is 32.2. The molecule has 25 heavy (non-hydrogen) atoms. The smallest absolute Gasteiger partial charge is 0.333 e. The summed E-state index contributed by atoms with van der Waals surface area (Å²) in [6, 6.07) is 0. The Labute approximate surface area is 162 Å². The first-order chi connectivity index (χ1) is 10.9. The Balaban J connectivity index is 0. The number of ether oxygens (including phenoxy) is 3. The largest absolute Gasteiger partial charge is 0.464 e. The molecule has 0 aliphatic carbocycles. The molecule has 0 aliphatic heterocycles. The molecule has 0 aliphatic rings. The molecule has 0 aromatic rings. The molecule has 0 bridgehead atoms. The molecule has 0 aromatic carbocycles. The third kappa shape index (κ3) is 12.6. The topological polar surface area (TPSA) is 133 Å². The molecule has 0 heterocycles. The van der Waals surface area contributed by atoms with Gasteiger partial charge in [0.25, 0.3) is 10.1 Å². The van der Waals surface area contributed by atoms with Gasteiger partial charge in [0.2, 0.25) is 0 Å². The minimum atomic E-state index is -4.29. The molecule has 0 amide bonds. The van der Waals surface area contributed by atoms with Crippen molar-refractivity contribution in [3.63, 3.8) is 0 Å². The molecule has 0 rings (SSSR count). The van der Waals surface area contributed by atoms with Crippen LogP contribution in [0.15, 0.2) is 24.3 Å². The van der Waals surface area contributed by atoms with Gasteiger partial charge in [0.05, 0.1) is 0 Å². The fourth-order valence-electron chi connectivity index (χ4n) is 1.15. The Bertz CT molecular complexity index is 594. The van der Waals surface area contributed by atoms with E-state index < -0.39 is 59.5 Å². The Hall–Kier alpha value is -1.43. The van der Waals surface area contributed by atoms with Crippen molar-refractivity contribution in [1.82, 2.24) is 0 Å². The average Bonchev–Trinajstić information content (AvgIpc) is 2.44. The zero-order valence-corrected chi connectivity index (χ0v) is 14.3. The summed E-state index contributed by atoms with van der Waals surface area (Å²) in [4.78, 5) is 34.6. The number of carbonyl (C=O) groups is 3. The zero-order valence-electron chi connectivity index (χ0n) is 13.4. The molecule has 0 unspecified atom stereocenters. The molecule has 1 N–H and O–H groups in total. The van der Waals surface area contributed by atoms with Crippen LogP contribution in [0.2, 0.25) is 0 Å². The molecule has 0 radical (unpaired) electrons. The SMILES string of the molecule is C=C(C)C(=O)OCC(COC(=O)C(=C)C)C(=O)OCCS(=O)(=O)O.[MgH2]. The average molecular weight is 391 g/mol. The van der Waals surface area contributed by atoms with Crippen molar-refractivity contribution >= 4 is 51.1 Å². The van der Waals surface area contributed by atoms with Gasteiger partial charge in [0, 0.05) is 11.1 Å². The molecular weight excluding hydrogens is 369 g/mol. The molecular formula is C14H22MgO9S. The minimum absolute atomic E-state index is 0. The minimum Gasteiger partial charge on any atom is -0.464 e. The van der Waals surface area contributed by atoms with Crippen LogP contribution in [-0.4, -0.2) is 79.5 Å². The van der Waals surface area contributed by atoms with Crippen LogP contribution < -0.4 is 0 Å². The lowest BCUT2D eigenvalue weighted by atomic mass is 10.2. The number of hydrogen-bond donors (Lipinski definition) is 1. The van der Waals surface area contributed by atoms with Gasteiger partial charge in [-0.05, 0) is 13.8 Å². The fourth-order valence-corrected chi connectivity index (χ4v) is 1.44. The van der Waals surface area contributed by atoms with Crippen molar-refractivity contribution < 1.29 is 41.6 Å². The van der Waals surface area contributed by atoms with Gasteiger partial charge in [0.15, 0.2) is 0 Å². The third-order valence-corrected chi connectivity index (χ3v) is 3.13. The lowest BCUT2D eigenvalue weighted by Crippen LogP contribution is -2.30. The van der Waals surface area contributed by atoms with E-state index in [2.05, 4.69) is 17.9 Å². The van der Waals surface area contributed by atoms with Crippen molar-refractivity contribution in [3.8, 4) is 0 Å². The lowest BCUT2D eigenvalue weighted by molar-refractivity contribution is -0.157. The highest BCUT2D eigenvalue weighted by Crippen LogP contribution is 2.07. The summed E-state index contributed by atoms with van der Waals surface area (Å²) < 4.78 is 44.0. The Kier molecular flexibility index (Phi) is 12.4. The van der Waals surface area contributed by atoms with Crippen LogP contribution in [0.1, 0.15) is 13.8 Å². The van der Waals surface area contributed by atoms with Crippen molar-refractivity contribution in [1.29, 1.82) is 0 Å². The first kappa shape index (κ1) is 25.8. The number of carbonyl (C=O) groups excluding carboxylic acids is 3. The van der Waals surface area contributed by atoms with Crippen molar-refractivity contribution in [2.75, 3.05) is 25.6 Å². The summed E-state index contributed by atoms with van der Waals surface area (Å²) in [5.74, 6) is -4.42.